The van der Waals surface area contributed by atoms with E-state index in [1.165, 1.54) is 5.56 Å². The Kier molecular flexibility index (Phi) is 5.03. The third kappa shape index (κ3) is 3.82. The Morgan fingerprint density at radius 1 is 1.04 bits per heavy atom. The van der Waals surface area contributed by atoms with Gasteiger partial charge in [0.1, 0.15) is 5.75 Å². The predicted molar refractivity (Wildman–Crippen MR) is 103 cm³/mol. The van der Waals surface area contributed by atoms with E-state index in [9.17, 15) is 4.79 Å². The zero-order valence-corrected chi connectivity index (χ0v) is 14.9. The highest BCUT2D eigenvalue weighted by molar-refractivity contribution is 5.95. The minimum atomic E-state index is -0.536. The maximum atomic E-state index is 12.7. The third-order valence-corrected chi connectivity index (χ3v) is 4.32. The largest absolute Gasteiger partial charge is 0.480 e. The molecule has 1 amide bonds. The lowest BCUT2D eigenvalue weighted by Gasteiger charge is -2.19. The van der Waals surface area contributed by atoms with E-state index in [1.54, 1.807) is 0 Å². The number of aryl methyl sites for hydroxylation is 2. The average molecular weight is 333 g/mol. The fourth-order valence-corrected chi connectivity index (χ4v) is 2.94. The number of anilines is 1. The standard InChI is InChI=1S/C22H23NO2/c1-4-20(22(24)23-19-13-12-15(2)14-16(19)3)25-21-11-7-9-17-8-5-6-10-18(17)21/h5-14,20H,4H2,1-3H3,(H,23,24)/t20-/m0/s1. The van der Waals surface area contributed by atoms with Gasteiger partial charge in [-0.2, -0.15) is 0 Å². The Morgan fingerprint density at radius 3 is 2.56 bits per heavy atom. The number of ether oxygens (including phenoxy) is 1. The van der Waals surface area contributed by atoms with Gasteiger partial charge in [0.15, 0.2) is 6.10 Å². The second kappa shape index (κ2) is 7.39. The normalized spacial score (nSPS) is 12.0. The second-order valence-corrected chi connectivity index (χ2v) is 6.30. The number of fused-ring (bicyclic) bond motifs is 1. The van der Waals surface area contributed by atoms with Crippen molar-refractivity contribution in [1.29, 1.82) is 0 Å². The number of rotatable bonds is 5. The molecule has 128 valence electrons. The molecule has 0 saturated heterocycles. The highest BCUT2D eigenvalue weighted by atomic mass is 16.5. The quantitative estimate of drug-likeness (QED) is 0.692. The summed E-state index contributed by atoms with van der Waals surface area (Å²) in [5.74, 6) is 0.614. The van der Waals surface area contributed by atoms with Gasteiger partial charge in [-0.3, -0.25) is 4.79 Å². The molecule has 3 nitrogen and oxygen atoms in total. The van der Waals surface area contributed by atoms with Crippen molar-refractivity contribution in [3.63, 3.8) is 0 Å². The van der Waals surface area contributed by atoms with Crippen LogP contribution in [0.5, 0.6) is 5.75 Å². The van der Waals surface area contributed by atoms with E-state index in [-0.39, 0.29) is 5.91 Å². The number of nitrogens with one attached hydrogen (secondary N) is 1. The molecule has 0 fully saturated rings. The van der Waals surface area contributed by atoms with E-state index in [1.807, 2.05) is 75.4 Å². The molecule has 3 heteroatoms. The van der Waals surface area contributed by atoms with E-state index in [2.05, 4.69) is 11.4 Å². The van der Waals surface area contributed by atoms with Gasteiger partial charge in [-0.25, -0.2) is 0 Å². The molecule has 0 aliphatic carbocycles. The first-order chi connectivity index (χ1) is 12.1. The summed E-state index contributed by atoms with van der Waals surface area (Å²) in [6.45, 7) is 5.99. The Hall–Kier alpha value is -2.81. The van der Waals surface area contributed by atoms with Crippen LogP contribution in [-0.2, 0) is 4.79 Å². The van der Waals surface area contributed by atoms with Gasteiger partial charge < -0.3 is 10.1 Å². The van der Waals surface area contributed by atoms with Crippen LogP contribution < -0.4 is 10.1 Å². The van der Waals surface area contributed by atoms with Gasteiger partial charge in [0.25, 0.3) is 5.91 Å². The smallest absolute Gasteiger partial charge is 0.265 e. The van der Waals surface area contributed by atoms with Crippen LogP contribution in [0.2, 0.25) is 0 Å². The molecular formula is C22H23NO2. The molecule has 0 spiro atoms. The molecule has 1 atom stereocenters. The van der Waals surface area contributed by atoms with Crippen LogP contribution in [0.15, 0.2) is 60.7 Å². The lowest BCUT2D eigenvalue weighted by atomic mass is 10.1. The molecule has 25 heavy (non-hydrogen) atoms. The van der Waals surface area contributed by atoms with Crippen LogP contribution >= 0.6 is 0 Å². The molecule has 3 aromatic carbocycles. The molecule has 0 aliphatic heterocycles. The van der Waals surface area contributed by atoms with Crippen LogP contribution in [0.3, 0.4) is 0 Å². The average Bonchev–Trinajstić information content (AvgIpc) is 2.62. The summed E-state index contributed by atoms with van der Waals surface area (Å²) in [6, 6.07) is 19.9. The van der Waals surface area contributed by atoms with Crippen LogP contribution in [0, 0.1) is 13.8 Å². The van der Waals surface area contributed by atoms with E-state index in [0.29, 0.717) is 6.42 Å². The summed E-state index contributed by atoms with van der Waals surface area (Å²) < 4.78 is 6.06. The minimum absolute atomic E-state index is 0.123. The zero-order chi connectivity index (χ0) is 17.8. The molecule has 0 bridgehead atoms. The number of benzene rings is 3. The lowest BCUT2D eigenvalue weighted by molar-refractivity contribution is -0.122. The molecule has 3 rings (SSSR count). The van der Waals surface area contributed by atoms with E-state index in [0.717, 1.165) is 27.8 Å². The fourth-order valence-electron chi connectivity index (χ4n) is 2.94. The van der Waals surface area contributed by atoms with Gasteiger partial charge in [0, 0.05) is 11.1 Å². The molecule has 0 unspecified atom stereocenters. The van der Waals surface area contributed by atoms with Gasteiger partial charge >= 0.3 is 0 Å². The van der Waals surface area contributed by atoms with Crippen molar-refractivity contribution in [1.82, 2.24) is 0 Å². The van der Waals surface area contributed by atoms with Crippen molar-refractivity contribution >= 4 is 22.4 Å². The molecule has 0 radical (unpaired) electrons. The molecule has 0 aromatic heterocycles. The Bertz CT molecular complexity index is 896. The molecule has 1 N–H and O–H groups in total. The van der Waals surface area contributed by atoms with Gasteiger partial charge in [-0.1, -0.05) is 61.0 Å². The van der Waals surface area contributed by atoms with Crippen molar-refractivity contribution in [2.24, 2.45) is 0 Å². The highest BCUT2D eigenvalue weighted by Gasteiger charge is 2.20. The van der Waals surface area contributed by atoms with Gasteiger partial charge in [0.05, 0.1) is 0 Å². The Balaban J connectivity index is 1.80. The first kappa shape index (κ1) is 17.0. The van der Waals surface area contributed by atoms with Gasteiger partial charge in [0.2, 0.25) is 0 Å². The second-order valence-electron chi connectivity index (χ2n) is 6.30. The van der Waals surface area contributed by atoms with Gasteiger partial charge in [-0.05, 0) is 43.4 Å². The monoisotopic (exact) mass is 333 g/mol. The maximum Gasteiger partial charge on any atom is 0.265 e. The minimum Gasteiger partial charge on any atom is -0.480 e. The summed E-state index contributed by atoms with van der Waals surface area (Å²) in [4.78, 5) is 12.7. The topological polar surface area (TPSA) is 38.3 Å². The summed E-state index contributed by atoms with van der Waals surface area (Å²) in [5.41, 5.74) is 3.05. The SMILES string of the molecule is CC[C@H](Oc1cccc2ccccc12)C(=O)Nc1ccc(C)cc1C. The first-order valence-corrected chi connectivity index (χ1v) is 8.61. The number of hydrogen-bond acceptors (Lipinski definition) is 2. The summed E-state index contributed by atoms with van der Waals surface area (Å²) in [5, 5.41) is 5.11. The van der Waals surface area contributed by atoms with Crippen LogP contribution in [0.25, 0.3) is 10.8 Å². The Morgan fingerprint density at radius 2 is 1.80 bits per heavy atom. The van der Waals surface area contributed by atoms with Crippen LogP contribution in [0.1, 0.15) is 24.5 Å². The summed E-state index contributed by atoms with van der Waals surface area (Å²) in [6.07, 6.45) is 0.0615. The molecule has 0 heterocycles. The predicted octanol–water partition coefficient (Wildman–Crippen LogP) is 5.25. The van der Waals surface area contributed by atoms with Crippen LogP contribution in [-0.4, -0.2) is 12.0 Å². The molecular weight excluding hydrogens is 310 g/mol. The van der Waals surface area contributed by atoms with Crippen molar-refractivity contribution in [2.45, 2.75) is 33.3 Å². The number of amides is 1. The van der Waals surface area contributed by atoms with E-state index >= 15 is 0 Å². The van der Waals surface area contributed by atoms with Crippen molar-refractivity contribution in [2.75, 3.05) is 5.32 Å². The zero-order valence-electron chi connectivity index (χ0n) is 14.9. The van der Waals surface area contributed by atoms with Gasteiger partial charge in [-0.15, -0.1) is 0 Å². The highest BCUT2D eigenvalue weighted by Crippen LogP contribution is 2.27. The summed E-state index contributed by atoms with van der Waals surface area (Å²) in [7, 11) is 0. The number of carbonyl (C=O) groups is 1. The number of hydrogen-bond donors (Lipinski definition) is 1. The lowest BCUT2D eigenvalue weighted by Crippen LogP contribution is -2.32. The van der Waals surface area contributed by atoms with E-state index < -0.39 is 6.10 Å². The molecule has 0 aliphatic rings. The summed E-state index contributed by atoms with van der Waals surface area (Å²) >= 11 is 0. The number of carbonyl (C=O) groups excluding carboxylic acids is 1. The van der Waals surface area contributed by atoms with Crippen molar-refractivity contribution in [3.8, 4) is 5.75 Å². The maximum absolute atomic E-state index is 12.7. The van der Waals surface area contributed by atoms with E-state index in [4.69, 9.17) is 4.74 Å². The molecule has 3 aromatic rings. The molecule has 0 saturated carbocycles. The fraction of sp³-hybridized carbons (Fsp3) is 0.227. The third-order valence-electron chi connectivity index (χ3n) is 4.32. The Labute approximate surface area is 148 Å². The first-order valence-electron chi connectivity index (χ1n) is 8.61. The van der Waals surface area contributed by atoms with Crippen molar-refractivity contribution in [3.05, 3.63) is 71.8 Å². The van der Waals surface area contributed by atoms with Crippen molar-refractivity contribution < 1.29 is 9.53 Å². The van der Waals surface area contributed by atoms with Crippen LogP contribution in [0.4, 0.5) is 5.69 Å².